The van der Waals surface area contributed by atoms with Gasteiger partial charge in [-0.2, -0.15) is 52.7 Å². The Morgan fingerprint density at radius 3 is 1.18 bits per heavy atom. The van der Waals surface area contributed by atoms with Crippen molar-refractivity contribution < 1.29 is 62.9 Å². The molecule has 2 atom stereocenters. The summed E-state index contributed by atoms with van der Waals surface area (Å²) in [5.74, 6) is -3.04. The van der Waals surface area contributed by atoms with Crippen LogP contribution >= 0.6 is 0 Å². The van der Waals surface area contributed by atoms with Gasteiger partial charge >= 0.3 is 24.7 Å². The molecule has 4 nitrogen and oxygen atoms in total. The average molecular weight is 580 g/mol. The van der Waals surface area contributed by atoms with Crippen molar-refractivity contribution in [3.63, 3.8) is 0 Å². The number of phenols is 2. The first-order valence-corrected chi connectivity index (χ1v) is 10.8. The Kier molecular flexibility index (Phi) is 7.91. The summed E-state index contributed by atoms with van der Waals surface area (Å²) in [5.41, 5.74) is -9.18. The normalized spacial score (nSPS) is 19.5. The van der Waals surface area contributed by atoms with E-state index in [0.717, 1.165) is 0 Å². The molecule has 1 fully saturated rings. The molecule has 3 rings (SSSR count). The van der Waals surface area contributed by atoms with Crippen molar-refractivity contribution in [3.05, 3.63) is 57.6 Å². The second-order valence-electron chi connectivity index (χ2n) is 8.54. The largest absolute Gasteiger partial charge is 0.507 e. The van der Waals surface area contributed by atoms with Crippen LogP contribution in [0.25, 0.3) is 0 Å². The molecule has 16 heteroatoms. The van der Waals surface area contributed by atoms with Crippen molar-refractivity contribution in [2.75, 3.05) is 0 Å². The number of nitrogens with zero attached hydrogens (tertiary/aromatic N) is 2. The lowest BCUT2D eigenvalue weighted by Crippen LogP contribution is -2.17. The third kappa shape index (κ3) is 6.95. The first-order valence-electron chi connectivity index (χ1n) is 10.8. The summed E-state index contributed by atoms with van der Waals surface area (Å²) in [6.45, 7) is 0. The minimum atomic E-state index is -5.34. The number of benzene rings is 2. The van der Waals surface area contributed by atoms with Crippen LogP contribution in [0.3, 0.4) is 0 Å². The number of alkyl halides is 12. The van der Waals surface area contributed by atoms with Crippen LogP contribution in [0.15, 0.2) is 34.3 Å². The van der Waals surface area contributed by atoms with E-state index in [1.165, 1.54) is 0 Å². The summed E-state index contributed by atoms with van der Waals surface area (Å²) in [7, 11) is 0. The molecule has 0 amide bonds. The van der Waals surface area contributed by atoms with Gasteiger partial charge in [0.25, 0.3) is 0 Å². The van der Waals surface area contributed by atoms with Crippen LogP contribution in [0.2, 0.25) is 0 Å². The van der Waals surface area contributed by atoms with Gasteiger partial charge in [-0.25, -0.2) is 0 Å². The molecule has 2 unspecified atom stereocenters. The van der Waals surface area contributed by atoms with E-state index in [1.807, 2.05) is 0 Å². The van der Waals surface area contributed by atoms with Gasteiger partial charge in [-0.3, -0.25) is 9.98 Å². The summed E-state index contributed by atoms with van der Waals surface area (Å²) in [5, 5.41) is 19.8. The molecule has 0 aliphatic heterocycles. The Labute approximate surface area is 211 Å². The van der Waals surface area contributed by atoms with E-state index < -0.39 is 81.7 Å². The molecule has 2 aromatic rings. The van der Waals surface area contributed by atoms with E-state index in [1.54, 1.807) is 0 Å². The summed E-state index contributed by atoms with van der Waals surface area (Å²) >= 11 is 0. The SMILES string of the molecule is Oc1c(C=NC2CCCC2N=Cc2cc(C(F)(F)F)cc(C(F)(F)F)c2O)cc(C(F)(F)F)cc1C(F)(F)F. The Balaban J connectivity index is 1.96. The molecule has 0 bridgehead atoms. The van der Waals surface area contributed by atoms with Crippen molar-refractivity contribution in [3.8, 4) is 11.5 Å². The maximum atomic E-state index is 13.1. The quantitative estimate of drug-likeness (QED) is 0.289. The average Bonchev–Trinajstić information content (AvgIpc) is 3.21. The van der Waals surface area contributed by atoms with Gasteiger partial charge in [-0.1, -0.05) is 0 Å². The van der Waals surface area contributed by atoms with E-state index in [0.29, 0.717) is 18.9 Å². The monoisotopic (exact) mass is 580 g/mol. The van der Waals surface area contributed by atoms with Crippen LogP contribution in [0.1, 0.15) is 52.6 Å². The van der Waals surface area contributed by atoms with Crippen molar-refractivity contribution in [1.82, 2.24) is 0 Å². The van der Waals surface area contributed by atoms with Gasteiger partial charge in [0.2, 0.25) is 0 Å². The van der Waals surface area contributed by atoms with Crippen molar-refractivity contribution in [2.24, 2.45) is 9.98 Å². The van der Waals surface area contributed by atoms with E-state index in [4.69, 9.17) is 0 Å². The zero-order valence-electron chi connectivity index (χ0n) is 19.1. The molecule has 0 heterocycles. The fraction of sp³-hybridized carbons (Fsp3) is 0.391. The van der Waals surface area contributed by atoms with Gasteiger partial charge in [-0.15, -0.1) is 0 Å². The molecular weight excluding hydrogens is 564 g/mol. The number of halogens is 12. The molecule has 1 aliphatic carbocycles. The summed E-state index contributed by atoms with van der Waals surface area (Å²) in [6.07, 6.45) is -19.3. The lowest BCUT2D eigenvalue weighted by Gasteiger charge is -2.16. The molecular formula is C23H16F12N2O2. The fourth-order valence-electron chi connectivity index (χ4n) is 3.89. The number of aromatic hydroxyl groups is 2. The van der Waals surface area contributed by atoms with Gasteiger partial charge in [-0.05, 0) is 43.5 Å². The number of phenolic OH excluding ortho intramolecular Hbond substituents is 2. The van der Waals surface area contributed by atoms with E-state index in [2.05, 4.69) is 9.98 Å². The van der Waals surface area contributed by atoms with E-state index in [-0.39, 0.29) is 37.1 Å². The Bertz CT molecular complexity index is 1180. The standard InChI is InChI=1S/C23H16F12N2O2/c24-20(25,26)12-4-10(18(38)14(6-12)22(30,31)32)8-36-16-2-1-3-17(16)37-9-11-5-13(21(27,28)29)7-15(19(11)39)23(33,34)35/h4-9,16-17,38-39H,1-3H2. The number of rotatable bonds is 4. The molecule has 0 spiro atoms. The van der Waals surface area contributed by atoms with Crippen molar-refractivity contribution >= 4 is 12.4 Å². The van der Waals surface area contributed by atoms with E-state index in [9.17, 15) is 62.9 Å². The lowest BCUT2D eigenvalue weighted by molar-refractivity contribution is -0.145. The molecule has 214 valence electrons. The Morgan fingerprint density at radius 1 is 0.564 bits per heavy atom. The van der Waals surface area contributed by atoms with Crippen LogP contribution in [0.5, 0.6) is 11.5 Å². The van der Waals surface area contributed by atoms with Crippen LogP contribution in [-0.4, -0.2) is 34.7 Å². The van der Waals surface area contributed by atoms with Gasteiger partial charge in [0, 0.05) is 23.6 Å². The molecule has 2 N–H and O–H groups in total. The molecule has 0 saturated heterocycles. The van der Waals surface area contributed by atoms with Crippen molar-refractivity contribution in [2.45, 2.75) is 56.1 Å². The predicted octanol–water partition coefficient (Wildman–Crippen LogP) is 7.63. The highest BCUT2D eigenvalue weighted by Gasteiger charge is 2.41. The zero-order chi connectivity index (χ0) is 29.6. The highest BCUT2D eigenvalue weighted by Crippen LogP contribution is 2.43. The predicted molar refractivity (Wildman–Crippen MR) is 113 cm³/mol. The third-order valence-corrected chi connectivity index (χ3v) is 5.80. The first-order chi connectivity index (χ1) is 17.7. The second kappa shape index (κ2) is 10.3. The molecule has 1 saturated carbocycles. The lowest BCUT2D eigenvalue weighted by atomic mass is 10.0. The third-order valence-electron chi connectivity index (χ3n) is 5.80. The molecule has 2 aromatic carbocycles. The van der Waals surface area contributed by atoms with Gasteiger partial charge < -0.3 is 10.2 Å². The second-order valence-corrected chi connectivity index (χ2v) is 8.54. The fourth-order valence-corrected chi connectivity index (χ4v) is 3.89. The van der Waals surface area contributed by atoms with Gasteiger partial charge in [0.15, 0.2) is 0 Å². The first kappa shape index (κ1) is 30.1. The summed E-state index contributed by atoms with van der Waals surface area (Å²) in [6, 6.07) is -1.99. The van der Waals surface area contributed by atoms with Crippen LogP contribution in [0, 0.1) is 0 Å². The maximum absolute atomic E-state index is 13.1. The molecule has 0 aromatic heterocycles. The number of aliphatic imine (C=N–C) groups is 2. The molecule has 39 heavy (non-hydrogen) atoms. The van der Waals surface area contributed by atoms with Crippen LogP contribution < -0.4 is 0 Å². The van der Waals surface area contributed by atoms with Crippen molar-refractivity contribution in [1.29, 1.82) is 0 Å². The summed E-state index contributed by atoms with van der Waals surface area (Å²) < 4.78 is 157. The maximum Gasteiger partial charge on any atom is 0.419 e. The van der Waals surface area contributed by atoms with Gasteiger partial charge in [0.05, 0.1) is 34.3 Å². The molecule has 1 aliphatic rings. The highest BCUT2D eigenvalue weighted by atomic mass is 19.4. The Hall–Kier alpha value is -3.46. The smallest absolute Gasteiger partial charge is 0.419 e. The van der Waals surface area contributed by atoms with Crippen LogP contribution in [-0.2, 0) is 24.7 Å². The topological polar surface area (TPSA) is 65.2 Å². The minimum absolute atomic E-state index is 0.159. The Morgan fingerprint density at radius 2 is 0.897 bits per heavy atom. The minimum Gasteiger partial charge on any atom is -0.507 e. The van der Waals surface area contributed by atoms with Gasteiger partial charge in [0.1, 0.15) is 11.5 Å². The summed E-state index contributed by atoms with van der Waals surface area (Å²) in [4.78, 5) is 7.75. The molecule has 0 radical (unpaired) electrons. The zero-order valence-corrected chi connectivity index (χ0v) is 19.1. The highest BCUT2D eigenvalue weighted by molar-refractivity contribution is 5.86. The number of hydrogen-bond acceptors (Lipinski definition) is 4. The van der Waals surface area contributed by atoms with Crippen LogP contribution in [0.4, 0.5) is 52.7 Å². The van der Waals surface area contributed by atoms with E-state index >= 15 is 0 Å². The number of hydrogen-bond donors (Lipinski definition) is 2.